The van der Waals surface area contributed by atoms with E-state index in [4.69, 9.17) is 9.47 Å². The third-order valence-electron chi connectivity index (χ3n) is 6.19. The van der Waals surface area contributed by atoms with Gasteiger partial charge < -0.3 is 9.47 Å². The Balaban J connectivity index is 2.23. The minimum atomic E-state index is -0.0692. The van der Waals surface area contributed by atoms with Crippen LogP contribution in [0.15, 0.2) is 0 Å². The Kier molecular flexibility index (Phi) is 14.1. The quantitative estimate of drug-likeness (QED) is 0.222. The van der Waals surface area contributed by atoms with Crippen LogP contribution in [-0.4, -0.2) is 25.2 Å². The summed E-state index contributed by atoms with van der Waals surface area (Å²) in [6.07, 6.45) is 13.4. The van der Waals surface area contributed by atoms with Gasteiger partial charge in [-0.25, -0.2) is 0 Å². The summed E-state index contributed by atoms with van der Waals surface area (Å²) in [7, 11) is 0. The first-order chi connectivity index (χ1) is 14.0. The number of rotatable bonds is 15. The summed E-state index contributed by atoms with van der Waals surface area (Å²) < 4.78 is 11.1. The highest BCUT2D eigenvalue weighted by Gasteiger charge is 2.31. The number of hydrogen-bond donors (Lipinski definition) is 0. The fraction of sp³-hybridized carbons (Fsp3) is 0.920. The molecule has 0 aromatic heterocycles. The van der Waals surface area contributed by atoms with Gasteiger partial charge in [0.05, 0.1) is 25.0 Å². The van der Waals surface area contributed by atoms with Crippen molar-refractivity contribution in [3.63, 3.8) is 0 Å². The molecule has 1 aliphatic rings. The van der Waals surface area contributed by atoms with Crippen molar-refractivity contribution in [1.82, 2.24) is 0 Å². The molecule has 4 heteroatoms. The lowest BCUT2D eigenvalue weighted by Crippen LogP contribution is -2.29. The molecule has 0 radical (unpaired) electrons. The van der Waals surface area contributed by atoms with Crippen LogP contribution in [0.25, 0.3) is 0 Å². The maximum absolute atomic E-state index is 12.5. The Labute approximate surface area is 179 Å². The van der Waals surface area contributed by atoms with Gasteiger partial charge in [0.1, 0.15) is 0 Å². The van der Waals surface area contributed by atoms with Crippen molar-refractivity contribution < 1.29 is 19.1 Å². The standard InChI is InChI=1S/C25H46O4/c1-5-7-8-13-21(11-6-2)19-29-25(27)23-16-14-22(15-17-23)24(26)28-18-10-9-12-20(3)4/h20-23H,5-19H2,1-4H3. The largest absolute Gasteiger partial charge is 0.465 e. The van der Waals surface area contributed by atoms with Crippen LogP contribution in [0.3, 0.4) is 0 Å². The first kappa shape index (κ1) is 26.0. The van der Waals surface area contributed by atoms with Gasteiger partial charge in [0.2, 0.25) is 0 Å². The van der Waals surface area contributed by atoms with E-state index in [9.17, 15) is 9.59 Å². The predicted octanol–water partition coefficient (Wildman–Crippen LogP) is 6.70. The molecule has 1 atom stereocenters. The third kappa shape index (κ3) is 11.6. The molecule has 29 heavy (non-hydrogen) atoms. The van der Waals surface area contributed by atoms with Crippen molar-refractivity contribution >= 4 is 11.9 Å². The van der Waals surface area contributed by atoms with Crippen LogP contribution in [0, 0.1) is 23.7 Å². The second-order valence-corrected chi connectivity index (χ2v) is 9.39. The molecule has 1 saturated carbocycles. The number of unbranched alkanes of at least 4 members (excludes halogenated alkanes) is 3. The van der Waals surface area contributed by atoms with Crippen LogP contribution >= 0.6 is 0 Å². The average molecular weight is 411 g/mol. The van der Waals surface area contributed by atoms with Crippen LogP contribution in [-0.2, 0) is 19.1 Å². The zero-order valence-electron chi connectivity index (χ0n) is 19.5. The molecule has 0 aromatic rings. The van der Waals surface area contributed by atoms with Crippen molar-refractivity contribution in [1.29, 1.82) is 0 Å². The fourth-order valence-corrected chi connectivity index (χ4v) is 4.23. The molecule has 1 aliphatic carbocycles. The van der Waals surface area contributed by atoms with Gasteiger partial charge in [-0.2, -0.15) is 0 Å². The van der Waals surface area contributed by atoms with E-state index in [1.54, 1.807) is 0 Å². The van der Waals surface area contributed by atoms with Gasteiger partial charge in [0.25, 0.3) is 0 Å². The van der Waals surface area contributed by atoms with E-state index in [1.165, 1.54) is 25.7 Å². The summed E-state index contributed by atoms with van der Waals surface area (Å²) in [5.41, 5.74) is 0. The third-order valence-corrected chi connectivity index (χ3v) is 6.19. The SMILES string of the molecule is CCCCCC(CCC)COC(=O)C1CCC(C(=O)OCCCCC(C)C)CC1. The molecule has 1 rings (SSSR count). The summed E-state index contributed by atoms with van der Waals surface area (Å²) in [5.74, 6) is 1.00. The molecule has 0 spiro atoms. The van der Waals surface area contributed by atoms with E-state index in [-0.39, 0.29) is 23.8 Å². The molecule has 0 heterocycles. The molecule has 0 aromatic carbocycles. The van der Waals surface area contributed by atoms with E-state index in [2.05, 4.69) is 27.7 Å². The van der Waals surface area contributed by atoms with Crippen LogP contribution in [0.5, 0.6) is 0 Å². The van der Waals surface area contributed by atoms with Gasteiger partial charge in [-0.15, -0.1) is 0 Å². The lowest BCUT2D eigenvalue weighted by molar-refractivity contribution is -0.156. The molecule has 4 nitrogen and oxygen atoms in total. The maximum Gasteiger partial charge on any atom is 0.308 e. The average Bonchev–Trinajstić information content (AvgIpc) is 2.71. The van der Waals surface area contributed by atoms with Crippen molar-refractivity contribution in [3.05, 3.63) is 0 Å². The van der Waals surface area contributed by atoms with Crippen molar-refractivity contribution in [2.45, 2.75) is 111 Å². The first-order valence-electron chi connectivity index (χ1n) is 12.3. The van der Waals surface area contributed by atoms with Crippen LogP contribution in [0.1, 0.15) is 111 Å². The number of ether oxygens (including phenoxy) is 2. The van der Waals surface area contributed by atoms with E-state index < -0.39 is 0 Å². The van der Waals surface area contributed by atoms with Gasteiger partial charge in [-0.05, 0) is 63.2 Å². The molecule has 1 fully saturated rings. The molecule has 170 valence electrons. The summed E-state index contributed by atoms with van der Waals surface area (Å²) in [5, 5.41) is 0. The second kappa shape index (κ2) is 15.7. The van der Waals surface area contributed by atoms with Crippen LogP contribution < -0.4 is 0 Å². The predicted molar refractivity (Wildman–Crippen MR) is 119 cm³/mol. The molecule has 0 bridgehead atoms. The highest BCUT2D eigenvalue weighted by molar-refractivity contribution is 5.75. The van der Waals surface area contributed by atoms with Crippen LogP contribution in [0.2, 0.25) is 0 Å². The lowest BCUT2D eigenvalue weighted by atomic mass is 9.82. The Hall–Kier alpha value is -1.06. The van der Waals surface area contributed by atoms with Gasteiger partial charge >= 0.3 is 11.9 Å². The van der Waals surface area contributed by atoms with E-state index in [0.29, 0.717) is 25.0 Å². The minimum absolute atomic E-state index is 0.0361. The minimum Gasteiger partial charge on any atom is -0.465 e. The zero-order chi connectivity index (χ0) is 21.5. The molecule has 0 saturated heterocycles. The summed E-state index contributed by atoms with van der Waals surface area (Å²) in [6.45, 7) is 9.93. The van der Waals surface area contributed by atoms with Crippen molar-refractivity contribution in [2.75, 3.05) is 13.2 Å². The van der Waals surface area contributed by atoms with Gasteiger partial charge in [-0.3, -0.25) is 9.59 Å². The van der Waals surface area contributed by atoms with E-state index >= 15 is 0 Å². The monoisotopic (exact) mass is 410 g/mol. The molecular formula is C25H46O4. The summed E-state index contributed by atoms with van der Waals surface area (Å²) in [6, 6.07) is 0. The molecule has 0 amide bonds. The highest BCUT2D eigenvalue weighted by atomic mass is 16.5. The number of carbonyl (C=O) groups is 2. The Bertz CT molecular complexity index is 438. The maximum atomic E-state index is 12.5. The normalized spacial score (nSPS) is 20.4. The Morgan fingerprint density at radius 3 is 1.90 bits per heavy atom. The van der Waals surface area contributed by atoms with Gasteiger partial charge in [-0.1, -0.05) is 59.8 Å². The summed E-state index contributed by atoms with van der Waals surface area (Å²) in [4.78, 5) is 24.7. The number of hydrogen-bond acceptors (Lipinski definition) is 4. The second-order valence-electron chi connectivity index (χ2n) is 9.39. The Morgan fingerprint density at radius 1 is 0.759 bits per heavy atom. The van der Waals surface area contributed by atoms with Gasteiger partial charge in [0, 0.05) is 0 Å². The fourth-order valence-electron chi connectivity index (χ4n) is 4.23. The van der Waals surface area contributed by atoms with E-state index in [0.717, 1.165) is 57.8 Å². The Morgan fingerprint density at radius 2 is 1.34 bits per heavy atom. The topological polar surface area (TPSA) is 52.6 Å². The van der Waals surface area contributed by atoms with Crippen molar-refractivity contribution in [2.24, 2.45) is 23.7 Å². The zero-order valence-corrected chi connectivity index (χ0v) is 19.5. The molecule has 0 N–H and O–H groups in total. The lowest BCUT2D eigenvalue weighted by Gasteiger charge is -2.26. The molecular weight excluding hydrogens is 364 g/mol. The molecule has 0 aliphatic heterocycles. The summed E-state index contributed by atoms with van der Waals surface area (Å²) >= 11 is 0. The number of esters is 2. The highest BCUT2D eigenvalue weighted by Crippen LogP contribution is 2.31. The van der Waals surface area contributed by atoms with Crippen molar-refractivity contribution in [3.8, 4) is 0 Å². The smallest absolute Gasteiger partial charge is 0.308 e. The van der Waals surface area contributed by atoms with Gasteiger partial charge in [0.15, 0.2) is 0 Å². The number of carbonyl (C=O) groups excluding carboxylic acids is 2. The first-order valence-corrected chi connectivity index (χ1v) is 12.3. The van der Waals surface area contributed by atoms with E-state index in [1.807, 2.05) is 0 Å². The van der Waals surface area contributed by atoms with Crippen LogP contribution in [0.4, 0.5) is 0 Å². The molecule has 1 unspecified atom stereocenters.